The lowest BCUT2D eigenvalue weighted by Gasteiger charge is -2.33. The molecule has 0 spiro atoms. The van der Waals surface area contributed by atoms with Crippen molar-refractivity contribution in [3.8, 4) is 0 Å². The third kappa shape index (κ3) is 4.27. The summed E-state index contributed by atoms with van der Waals surface area (Å²) in [7, 11) is 0. The van der Waals surface area contributed by atoms with E-state index < -0.39 is 0 Å². The van der Waals surface area contributed by atoms with E-state index in [4.69, 9.17) is 0 Å². The molecule has 0 aliphatic carbocycles. The minimum atomic E-state index is -0.145. The third-order valence-corrected chi connectivity index (χ3v) is 6.64. The topological polar surface area (TPSA) is 69.3 Å². The maximum Gasteiger partial charge on any atom is 0.258 e. The number of fused-ring (bicyclic) bond motifs is 2. The zero-order valence-electron chi connectivity index (χ0n) is 17.3. The van der Waals surface area contributed by atoms with Crippen molar-refractivity contribution in [1.82, 2.24) is 14.9 Å². The molecule has 1 amide bonds. The highest BCUT2D eigenvalue weighted by atomic mass is 32.2. The summed E-state index contributed by atoms with van der Waals surface area (Å²) in [6.45, 7) is 5.62. The van der Waals surface area contributed by atoms with Gasteiger partial charge in [0, 0.05) is 23.2 Å². The second kappa shape index (κ2) is 9.02. The molecule has 30 heavy (non-hydrogen) atoms. The first-order chi connectivity index (χ1) is 14.6. The maximum absolute atomic E-state index is 13.2. The fourth-order valence-electron chi connectivity index (χ4n) is 3.72. The largest absolute Gasteiger partial charge is 0.309 e. The van der Waals surface area contributed by atoms with E-state index in [-0.39, 0.29) is 24.1 Å². The van der Waals surface area contributed by atoms with Gasteiger partial charge in [-0.05, 0) is 37.6 Å². The lowest BCUT2D eigenvalue weighted by molar-refractivity contribution is -0.120. The Morgan fingerprint density at radius 1 is 1.23 bits per heavy atom. The number of hydrogen-bond acceptors (Lipinski definition) is 5. The van der Waals surface area contributed by atoms with Crippen molar-refractivity contribution in [1.29, 1.82) is 0 Å². The summed E-state index contributed by atoms with van der Waals surface area (Å²) < 4.78 is 0. The van der Waals surface area contributed by atoms with Gasteiger partial charge in [0.2, 0.25) is 5.91 Å². The molecule has 6 nitrogen and oxygen atoms in total. The summed E-state index contributed by atoms with van der Waals surface area (Å²) in [6, 6.07) is 15.6. The number of H-pyrrole nitrogens is 1. The molecule has 0 bridgehead atoms. The number of amides is 1. The Labute approximate surface area is 180 Å². The van der Waals surface area contributed by atoms with Gasteiger partial charge in [-0.2, -0.15) is 0 Å². The molecule has 2 heterocycles. The molecule has 0 fully saturated rings. The molecule has 0 saturated carbocycles. The Morgan fingerprint density at radius 3 is 2.83 bits per heavy atom. The Balaban J connectivity index is 1.57. The van der Waals surface area contributed by atoms with Gasteiger partial charge in [0.15, 0.2) is 0 Å². The monoisotopic (exact) mass is 422 g/mol. The average molecular weight is 423 g/mol. The smallest absolute Gasteiger partial charge is 0.258 e. The van der Waals surface area contributed by atoms with Crippen molar-refractivity contribution in [2.45, 2.75) is 37.8 Å². The summed E-state index contributed by atoms with van der Waals surface area (Å²) in [4.78, 5) is 38.3. The van der Waals surface area contributed by atoms with Gasteiger partial charge in [-0.25, -0.2) is 4.98 Å². The summed E-state index contributed by atoms with van der Waals surface area (Å²) in [5.41, 5.74) is 1.52. The highest BCUT2D eigenvalue weighted by Gasteiger charge is 2.26. The van der Waals surface area contributed by atoms with Crippen LogP contribution in [0.1, 0.15) is 26.1 Å². The van der Waals surface area contributed by atoms with Crippen LogP contribution < -0.4 is 10.5 Å². The number of para-hydroxylation sites is 2. The first-order valence-corrected chi connectivity index (χ1v) is 11.3. The van der Waals surface area contributed by atoms with E-state index in [2.05, 4.69) is 34.8 Å². The Kier molecular flexibility index (Phi) is 6.20. The van der Waals surface area contributed by atoms with Gasteiger partial charge in [0.05, 0.1) is 29.7 Å². The molecule has 1 atom stereocenters. The Morgan fingerprint density at radius 2 is 2.00 bits per heavy atom. The van der Waals surface area contributed by atoms with Gasteiger partial charge in [-0.1, -0.05) is 31.2 Å². The van der Waals surface area contributed by atoms with E-state index in [0.717, 1.165) is 22.8 Å². The number of rotatable bonds is 6. The zero-order valence-corrected chi connectivity index (χ0v) is 18.1. The minimum absolute atomic E-state index is 0.0752. The lowest BCUT2D eigenvalue weighted by atomic mass is 10.2. The van der Waals surface area contributed by atoms with E-state index in [1.807, 2.05) is 41.3 Å². The van der Waals surface area contributed by atoms with Crippen LogP contribution in [-0.4, -0.2) is 45.7 Å². The van der Waals surface area contributed by atoms with Crippen molar-refractivity contribution in [2.24, 2.45) is 0 Å². The molecular formula is C23H26N4O2S. The van der Waals surface area contributed by atoms with Crippen molar-refractivity contribution in [3.05, 3.63) is 64.7 Å². The number of nitrogens with one attached hydrogen (secondary N) is 1. The molecule has 1 aliphatic heterocycles. The molecule has 1 unspecified atom stereocenters. The number of nitrogens with zero attached hydrogens (tertiary/aromatic N) is 3. The predicted octanol–water partition coefficient (Wildman–Crippen LogP) is 3.66. The Bertz CT molecular complexity index is 1110. The summed E-state index contributed by atoms with van der Waals surface area (Å²) in [5, 5.41) is 0.579. The van der Waals surface area contributed by atoms with Gasteiger partial charge in [0.1, 0.15) is 5.82 Å². The number of carbonyl (C=O) groups is 1. The van der Waals surface area contributed by atoms with Crippen LogP contribution in [0.25, 0.3) is 10.9 Å². The van der Waals surface area contributed by atoms with E-state index >= 15 is 0 Å². The van der Waals surface area contributed by atoms with E-state index in [0.29, 0.717) is 29.8 Å². The van der Waals surface area contributed by atoms with Gasteiger partial charge < -0.3 is 9.88 Å². The quantitative estimate of drug-likeness (QED) is 0.657. The van der Waals surface area contributed by atoms with Gasteiger partial charge in [0.25, 0.3) is 5.56 Å². The van der Waals surface area contributed by atoms with Crippen molar-refractivity contribution < 1.29 is 4.79 Å². The summed E-state index contributed by atoms with van der Waals surface area (Å²) in [5.74, 6) is 1.55. The third-order valence-electron chi connectivity index (χ3n) is 5.60. The number of aromatic nitrogens is 2. The number of anilines is 1. The zero-order chi connectivity index (χ0) is 21.1. The molecule has 0 saturated heterocycles. The second-order valence-corrected chi connectivity index (χ2v) is 8.69. The molecule has 7 heteroatoms. The maximum atomic E-state index is 13.2. The molecular weight excluding hydrogens is 396 g/mol. The van der Waals surface area contributed by atoms with Crippen LogP contribution in [0.4, 0.5) is 5.69 Å². The second-order valence-electron chi connectivity index (χ2n) is 7.55. The van der Waals surface area contributed by atoms with Crippen LogP contribution in [0.3, 0.4) is 0 Å². The molecule has 1 aromatic heterocycles. The summed E-state index contributed by atoms with van der Waals surface area (Å²) >= 11 is 1.79. The van der Waals surface area contributed by atoms with E-state index in [1.165, 1.54) is 0 Å². The molecule has 156 valence electrons. The van der Waals surface area contributed by atoms with Crippen LogP contribution in [0.15, 0.2) is 58.2 Å². The lowest BCUT2D eigenvalue weighted by Crippen LogP contribution is -2.45. The van der Waals surface area contributed by atoms with Crippen LogP contribution >= 0.6 is 11.8 Å². The fourth-order valence-corrected chi connectivity index (χ4v) is 4.71. The highest BCUT2D eigenvalue weighted by molar-refractivity contribution is 7.99. The van der Waals surface area contributed by atoms with Gasteiger partial charge in [-0.15, -0.1) is 11.8 Å². The molecule has 3 aromatic rings. The van der Waals surface area contributed by atoms with Gasteiger partial charge >= 0.3 is 0 Å². The molecule has 1 N–H and O–H groups in total. The van der Waals surface area contributed by atoms with E-state index in [1.54, 1.807) is 17.8 Å². The van der Waals surface area contributed by atoms with Crippen molar-refractivity contribution in [2.75, 3.05) is 23.7 Å². The number of carbonyl (C=O) groups excluding carboxylic acids is 1. The molecule has 0 radical (unpaired) electrons. The SMILES string of the molecule is CCC(C)N(CC(=O)N1CCSc2ccccc21)Cc1nc2ccccc2c(=O)[nH]1. The number of thioether (sulfide) groups is 1. The molecule has 4 rings (SSSR count). The number of aromatic amines is 1. The summed E-state index contributed by atoms with van der Waals surface area (Å²) in [6.07, 6.45) is 0.900. The first-order valence-electron chi connectivity index (χ1n) is 10.3. The molecule has 1 aliphatic rings. The molecule has 2 aromatic carbocycles. The van der Waals surface area contributed by atoms with Crippen molar-refractivity contribution in [3.63, 3.8) is 0 Å². The van der Waals surface area contributed by atoms with Crippen LogP contribution in [0, 0.1) is 0 Å². The number of benzene rings is 2. The van der Waals surface area contributed by atoms with Crippen LogP contribution in [0.5, 0.6) is 0 Å². The fraction of sp³-hybridized carbons (Fsp3) is 0.348. The normalized spacial score (nSPS) is 14.7. The Hall–Kier alpha value is -2.64. The average Bonchev–Trinajstić information content (AvgIpc) is 2.77. The first kappa shape index (κ1) is 20.6. The highest BCUT2D eigenvalue weighted by Crippen LogP contribution is 2.34. The van der Waals surface area contributed by atoms with Gasteiger partial charge in [-0.3, -0.25) is 14.5 Å². The van der Waals surface area contributed by atoms with Crippen LogP contribution in [-0.2, 0) is 11.3 Å². The van der Waals surface area contributed by atoms with Crippen LogP contribution in [0.2, 0.25) is 0 Å². The number of hydrogen-bond donors (Lipinski definition) is 1. The van der Waals surface area contributed by atoms with E-state index in [9.17, 15) is 9.59 Å². The standard InChI is InChI=1S/C23H26N4O2S/c1-3-16(2)26(14-21-24-18-9-5-4-8-17(18)23(29)25-21)15-22(28)27-12-13-30-20-11-7-6-10-19(20)27/h4-11,16H,3,12-15H2,1-2H3,(H,24,25,29). The van der Waals surface area contributed by atoms with Crippen molar-refractivity contribution >= 4 is 34.3 Å². The minimum Gasteiger partial charge on any atom is -0.309 e. The predicted molar refractivity (Wildman–Crippen MR) is 122 cm³/mol.